The van der Waals surface area contributed by atoms with E-state index in [0.717, 1.165) is 23.4 Å². The van der Waals surface area contributed by atoms with E-state index in [4.69, 9.17) is 9.47 Å². The predicted molar refractivity (Wildman–Crippen MR) is 84.2 cm³/mol. The van der Waals surface area contributed by atoms with E-state index in [1.54, 1.807) is 4.90 Å². The molecule has 0 unspecified atom stereocenters. The molecule has 1 aliphatic heterocycles. The molecule has 1 aliphatic rings. The van der Waals surface area contributed by atoms with E-state index < -0.39 is 11.6 Å². The van der Waals surface area contributed by atoms with Crippen LogP contribution in [0.15, 0.2) is 24.5 Å². The summed E-state index contributed by atoms with van der Waals surface area (Å²) < 4.78 is 36.8. The molecule has 2 aromatic rings. The SMILES string of the molecule is CCOc1ncnc2c1CN(C(=O)COc1ccc(F)c(F)c1)CC2. The van der Waals surface area contributed by atoms with Crippen molar-refractivity contribution in [1.82, 2.24) is 14.9 Å². The highest BCUT2D eigenvalue weighted by molar-refractivity contribution is 5.78. The lowest BCUT2D eigenvalue weighted by molar-refractivity contribution is -0.134. The normalized spacial score (nSPS) is 13.3. The van der Waals surface area contributed by atoms with Gasteiger partial charge in [-0.05, 0) is 19.1 Å². The first-order chi connectivity index (χ1) is 12.1. The number of ether oxygens (including phenoxy) is 2. The maximum absolute atomic E-state index is 13.2. The van der Waals surface area contributed by atoms with Crippen molar-refractivity contribution >= 4 is 5.91 Å². The van der Waals surface area contributed by atoms with Crippen LogP contribution >= 0.6 is 0 Å². The minimum absolute atomic E-state index is 0.1000. The van der Waals surface area contributed by atoms with Crippen LogP contribution in [0.25, 0.3) is 0 Å². The summed E-state index contributed by atoms with van der Waals surface area (Å²) in [5, 5.41) is 0. The molecule has 0 N–H and O–H groups in total. The zero-order valence-electron chi connectivity index (χ0n) is 13.7. The number of hydrogen-bond donors (Lipinski definition) is 0. The summed E-state index contributed by atoms with van der Waals surface area (Å²) in [6.45, 7) is 2.88. The molecule has 1 aromatic heterocycles. The van der Waals surface area contributed by atoms with Gasteiger partial charge in [0.05, 0.1) is 24.4 Å². The van der Waals surface area contributed by atoms with Crippen LogP contribution in [-0.2, 0) is 17.8 Å². The molecule has 2 heterocycles. The summed E-state index contributed by atoms with van der Waals surface area (Å²) in [7, 11) is 0. The van der Waals surface area contributed by atoms with E-state index in [1.807, 2.05) is 6.92 Å². The van der Waals surface area contributed by atoms with Crippen LogP contribution < -0.4 is 9.47 Å². The second-order valence-corrected chi connectivity index (χ2v) is 5.47. The van der Waals surface area contributed by atoms with Crippen LogP contribution in [0, 0.1) is 11.6 Å². The Morgan fingerprint density at radius 1 is 1.24 bits per heavy atom. The molecule has 3 rings (SSSR count). The molecule has 0 saturated carbocycles. The Balaban J connectivity index is 1.65. The van der Waals surface area contributed by atoms with Gasteiger partial charge < -0.3 is 14.4 Å². The highest BCUT2D eigenvalue weighted by Gasteiger charge is 2.25. The molecule has 1 amide bonds. The third kappa shape index (κ3) is 3.84. The Morgan fingerprint density at radius 3 is 2.84 bits per heavy atom. The summed E-state index contributed by atoms with van der Waals surface area (Å²) in [6, 6.07) is 3.14. The number of carbonyl (C=O) groups excluding carboxylic acids is 1. The van der Waals surface area contributed by atoms with Crippen molar-refractivity contribution in [3.63, 3.8) is 0 Å². The molecule has 8 heteroatoms. The first-order valence-corrected chi connectivity index (χ1v) is 7.89. The lowest BCUT2D eigenvalue weighted by Gasteiger charge is -2.28. The highest BCUT2D eigenvalue weighted by atomic mass is 19.2. The lowest BCUT2D eigenvalue weighted by Crippen LogP contribution is -2.39. The largest absolute Gasteiger partial charge is 0.484 e. The topological polar surface area (TPSA) is 64.6 Å². The number of rotatable bonds is 5. The van der Waals surface area contributed by atoms with E-state index >= 15 is 0 Å². The van der Waals surface area contributed by atoms with Gasteiger partial charge in [-0.25, -0.2) is 18.7 Å². The fraction of sp³-hybridized carbons (Fsp3) is 0.353. The number of amides is 1. The van der Waals surface area contributed by atoms with Crippen molar-refractivity contribution in [2.75, 3.05) is 19.8 Å². The standard InChI is InChI=1S/C17H17F2N3O3/c1-2-24-17-12-8-22(6-5-15(12)20-10-21-17)16(23)9-25-11-3-4-13(18)14(19)7-11/h3-4,7,10H,2,5-6,8-9H2,1H3. The van der Waals surface area contributed by atoms with Crippen LogP contribution in [0.4, 0.5) is 8.78 Å². The molecule has 0 spiro atoms. The Hall–Kier alpha value is -2.77. The van der Waals surface area contributed by atoms with E-state index in [1.165, 1.54) is 12.4 Å². The molecular formula is C17H17F2N3O3. The molecule has 25 heavy (non-hydrogen) atoms. The average molecular weight is 349 g/mol. The summed E-state index contributed by atoms with van der Waals surface area (Å²) >= 11 is 0. The molecule has 0 fully saturated rings. The van der Waals surface area contributed by atoms with Gasteiger partial charge in [0, 0.05) is 19.0 Å². The van der Waals surface area contributed by atoms with Gasteiger partial charge in [0.25, 0.3) is 5.91 Å². The second-order valence-electron chi connectivity index (χ2n) is 5.47. The minimum Gasteiger partial charge on any atom is -0.484 e. The quantitative estimate of drug-likeness (QED) is 0.827. The minimum atomic E-state index is -1.02. The lowest BCUT2D eigenvalue weighted by atomic mass is 10.1. The number of fused-ring (bicyclic) bond motifs is 1. The zero-order chi connectivity index (χ0) is 17.8. The number of hydrogen-bond acceptors (Lipinski definition) is 5. The van der Waals surface area contributed by atoms with Gasteiger partial charge in [-0.1, -0.05) is 0 Å². The molecule has 132 valence electrons. The summed E-state index contributed by atoms with van der Waals surface area (Å²) in [5.74, 6) is -1.67. The van der Waals surface area contributed by atoms with Gasteiger partial charge in [0.2, 0.25) is 5.88 Å². The van der Waals surface area contributed by atoms with E-state index in [9.17, 15) is 13.6 Å². The third-order valence-corrected chi connectivity index (χ3v) is 3.85. The molecule has 1 aromatic carbocycles. The molecule has 6 nitrogen and oxygen atoms in total. The van der Waals surface area contributed by atoms with Crippen LogP contribution in [0.2, 0.25) is 0 Å². The molecular weight excluding hydrogens is 332 g/mol. The average Bonchev–Trinajstić information content (AvgIpc) is 2.62. The second kappa shape index (κ2) is 7.42. The molecule has 0 atom stereocenters. The van der Waals surface area contributed by atoms with Crippen LogP contribution in [0.1, 0.15) is 18.2 Å². The highest BCUT2D eigenvalue weighted by Crippen LogP contribution is 2.24. The van der Waals surface area contributed by atoms with Crippen molar-refractivity contribution in [2.45, 2.75) is 19.9 Å². The van der Waals surface area contributed by atoms with Gasteiger partial charge in [0.15, 0.2) is 18.2 Å². The van der Waals surface area contributed by atoms with E-state index in [2.05, 4.69) is 9.97 Å². The number of aromatic nitrogens is 2. The Bertz CT molecular complexity index is 786. The Labute approximate surface area is 143 Å². The van der Waals surface area contributed by atoms with Crippen molar-refractivity contribution in [1.29, 1.82) is 0 Å². The number of nitrogens with zero attached hydrogens (tertiary/aromatic N) is 3. The molecule has 0 radical (unpaired) electrons. The fourth-order valence-corrected chi connectivity index (χ4v) is 2.59. The number of halogens is 2. The molecule has 0 bridgehead atoms. The summed E-state index contributed by atoms with van der Waals surface area (Å²) in [6.07, 6.45) is 2.04. The Kier molecular flexibility index (Phi) is 5.06. The monoisotopic (exact) mass is 349 g/mol. The first-order valence-electron chi connectivity index (χ1n) is 7.89. The van der Waals surface area contributed by atoms with Crippen molar-refractivity contribution < 1.29 is 23.0 Å². The summed E-state index contributed by atoms with van der Waals surface area (Å²) in [5.41, 5.74) is 1.65. The van der Waals surface area contributed by atoms with Gasteiger partial charge in [-0.3, -0.25) is 4.79 Å². The predicted octanol–water partition coefficient (Wildman–Crippen LogP) is 2.12. The zero-order valence-corrected chi connectivity index (χ0v) is 13.7. The van der Waals surface area contributed by atoms with Crippen molar-refractivity contribution in [2.24, 2.45) is 0 Å². The van der Waals surface area contributed by atoms with E-state index in [-0.39, 0.29) is 18.3 Å². The summed E-state index contributed by atoms with van der Waals surface area (Å²) in [4.78, 5) is 22.3. The smallest absolute Gasteiger partial charge is 0.260 e. The van der Waals surface area contributed by atoms with Gasteiger partial charge in [0.1, 0.15) is 12.1 Å². The van der Waals surface area contributed by atoms with Crippen molar-refractivity contribution in [3.8, 4) is 11.6 Å². The van der Waals surface area contributed by atoms with Crippen LogP contribution in [-0.4, -0.2) is 40.5 Å². The number of benzene rings is 1. The van der Waals surface area contributed by atoms with Crippen LogP contribution in [0.3, 0.4) is 0 Å². The third-order valence-electron chi connectivity index (χ3n) is 3.85. The molecule has 0 aliphatic carbocycles. The van der Waals surface area contributed by atoms with Gasteiger partial charge >= 0.3 is 0 Å². The van der Waals surface area contributed by atoms with Crippen molar-refractivity contribution in [3.05, 3.63) is 47.4 Å². The molecule has 0 saturated heterocycles. The first kappa shape index (κ1) is 17.1. The Morgan fingerprint density at radius 2 is 2.08 bits per heavy atom. The maximum Gasteiger partial charge on any atom is 0.260 e. The maximum atomic E-state index is 13.2. The van der Waals surface area contributed by atoms with Gasteiger partial charge in [-0.2, -0.15) is 0 Å². The fourth-order valence-electron chi connectivity index (χ4n) is 2.59. The van der Waals surface area contributed by atoms with E-state index in [0.29, 0.717) is 32.0 Å². The number of carbonyl (C=O) groups is 1. The van der Waals surface area contributed by atoms with Gasteiger partial charge in [-0.15, -0.1) is 0 Å². The van der Waals surface area contributed by atoms with Crippen LogP contribution in [0.5, 0.6) is 11.6 Å².